The number of carboxylic acid groups (broad SMARTS) is 1. The van der Waals surface area contributed by atoms with E-state index in [1.54, 1.807) is 24.8 Å². The zero-order valence-corrected chi connectivity index (χ0v) is 13.9. The molecule has 1 unspecified atom stereocenters. The van der Waals surface area contributed by atoms with Gasteiger partial charge in [-0.2, -0.15) is 0 Å². The number of non-ortho nitro benzene ring substituents is 1. The average molecular weight is 334 g/mol. The molecule has 0 aliphatic carbocycles. The van der Waals surface area contributed by atoms with Gasteiger partial charge in [-0.15, -0.1) is 0 Å². The van der Waals surface area contributed by atoms with Crippen LogP contribution >= 0.6 is 0 Å². The number of carbonyl (C=O) groups excluding carboxylic acids is 1. The van der Waals surface area contributed by atoms with Crippen LogP contribution in [0.2, 0.25) is 0 Å². The lowest BCUT2D eigenvalue weighted by Crippen LogP contribution is -2.39. The number of aliphatic carboxylic acids is 1. The Labute approximate surface area is 140 Å². The van der Waals surface area contributed by atoms with Crippen LogP contribution in [0.1, 0.15) is 42.1 Å². The molecule has 0 spiro atoms. The summed E-state index contributed by atoms with van der Waals surface area (Å²) in [5, 5.41) is 19.9. The average Bonchev–Trinajstić information content (AvgIpc) is 2.55. The third kappa shape index (κ3) is 4.10. The Morgan fingerprint density at radius 3 is 2.54 bits per heavy atom. The number of nitro benzene ring substituents is 1. The number of hydrogen-bond donors (Lipinski definition) is 1. The first kappa shape index (κ1) is 17.9. The summed E-state index contributed by atoms with van der Waals surface area (Å²) in [5.41, 5.74) is 0.989. The lowest BCUT2D eigenvalue weighted by molar-refractivity contribution is -0.384. The van der Waals surface area contributed by atoms with E-state index in [0.29, 0.717) is 36.6 Å². The van der Waals surface area contributed by atoms with Gasteiger partial charge in [0, 0.05) is 30.8 Å². The lowest BCUT2D eigenvalue weighted by Gasteiger charge is -2.33. The standard InChI is InChI=1S/C17H22N2O5/c1-11-3-4-14(19(23)24)10-15(11)16(20)18-7-5-13(6-8-18)9-12(2)17(21)22/h3-4,10,12-13H,5-9H2,1-2H3,(H,21,22). The number of aryl methyl sites for hydroxylation is 1. The van der Waals surface area contributed by atoms with Gasteiger partial charge in [0.1, 0.15) is 0 Å². The van der Waals surface area contributed by atoms with Crippen LogP contribution in [0, 0.1) is 28.9 Å². The molecule has 7 heteroatoms. The van der Waals surface area contributed by atoms with E-state index in [2.05, 4.69) is 0 Å². The molecule has 1 aliphatic heterocycles. The van der Waals surface area contributed by atoms with Crippen molar-refractivity contribution in [1.29, 1.82) is 0 Å². The van der Waals surface area contributed by atoms with Crippen molar-refractivity contribution in [3.8, 4) is 0 Å². The van der Waals surface area contributed by atoms with Gasteiger partial charge in [-0.1, -0.05) is 13.0 Å². The van der Waals surface area contributed by atoms with Gasteiger partial charge in [0.15, 0.2) is 0 Å². The van der Waals surface area contributed by atoms with Gasteiger partial charge in [-0.05, 0) is 37.7 Å². The fourth-order valence-electron chi connectivity index (χ4n) is 3.10. The molecule has 1 N–H and O–H groups in total. The summed E-state index contributed by atoms with van der Waals surface area (Å²) in [6.07, 6.45) is 2.14. The summed E-state index contributed by atoms with van der Waals surface area (Å²) < 4.78 is 0. The minimum atomic E-state index is -0.791. The highest BCUT2D eigenvalue weighted by Gasteiger charge is 2.27. The van der Waals surface area contributed by atoms with E-state index >= 15 is 0 Å². The number of carboxylic acids is 1. The Hall–Kier alpha value is -2.44. The molecular formula is C17H22N2O5. The van der Waals surface area contributed by atoms with E-state index in [0.717, 1.165) is 12.8 Å². The van der Waals surface area contributed by atoms with E-state index in [9.17, 15) is 19.7 Å². The van der Waals surface area contributed by atoms with Crippen LogP contribution in [0.5, 0.6) is 0 Å². The predicted octanol–water partition coefficient (Wildman–Crippen LogP) is 2.87. The molecule has 130 valence electrons. The molecule has 1 fully saturated rings. The number of rotatable bonds is 5. The second kappa shape index (κ2) is 7.42. The van der Waals surface area contributed by atoms with Crippen molar-refractivity contribution >= 4 is 17.6 Å². The molecule has 1 aromatic rings. The molecule has 2 rings (SSSR count). The van der Waals surface area contributed by atoms with E-state index in [-0.39, 0.29) is 17.5 Å². The summed E-state index contributed by atoms with van der Waals surface area (Å²) in [6, 6.07) is 4.31. The third-order valence-corrected chi connectivity index (χ3v) is 4.67. The normalized spacial score (nSPS) is 16.7. The van der Waals surface area contributed by atoms with Crippen molar-refractivity contribution < 1.29 is 19.6 Å². The Balaban J connectivity index is 2.02. The fraction of sp³-hybridized carbons (Fsp3) is 0.529. The van der Waals surface area contributed by atoms with Gasteiger partial charge in [0.05, 0.1) is 10.8 Å². The van der Waals surface area contributed by atoms with Crippen molar-refractivity contribution in [3.05, 3.63) is 39.4 Å². The van der Waals surface area contributed by atoms with Crippen LogP contribution in [0.4, 0.5) is 5.69 Å². The summed E-state index contributed by atoms with van der Waals surface area (Å²) in [6.45, 7) is 4.57. The maximum atomic E-state index is 12.6. The molecule has 0 saturated carbocycles. The third-order valence-electron chi connectivity index (χ3n) is 4.67. The molecule has 1 atom stereocenters. The molecule has 1 aliphatic rings. The Bertz CT molecular complexity index is 650. The highest BCUT2D eigenvalue weighted by Crippen LogP contribution is 2.26. The molecule has 0 aromatic heterocycles. The largest absolute Gasteiger partial charge is 0.481 e. The van der Waals surface area contributed by atoms with E-state index in [4.69, 9.17) is 5.11 Å². The Kier molecular flexibility index (Phi) is 5.54. The molecule has 1 heterocycles. The van der Waals surface area contributed by atoms with Gasteiger partial charge < -0.3 is 10.0 Å². The SMILES string of the molecule is Cc1ccc([N+](=O)[O-])cc1C(=O)N1CCC(CC(C)C(=O)O)CC1. The highest BCUT2D eigenvalue weighted by molar-refractivity contribution is 5.96. The Morgan fingerprint density at radius 1 is 1.38 bits per heavy atom. The van der Waals surface area contributed by atoms with Crippen LogP contribution in [0.3, 0.4) is 0 Å². The predicted molar refractivity (Wildman–Crippen MR) is 87.9 cm³/mol. The van der Waals surface area contributed by atoms with Gasteiger partial charge in [0.2, 0.25) is 0 Å². The zero-order valence-electron chi connectivity index (χ0n) is 13.9. The van der Waals surface area contributed by atoms with E-state index in [1.165, 1.54) is 12.1 Å². The number of nitrogens with zero attached hydrogens (tertiary/aromatic N) is 2. The second-order valence-electron chi connectivity index (χ2n) is 6.47. The number of piperidine rings is 1. The smallest absolute Gasteiger partial charge is 0.306 e. The fourth-order valence-corrected chi connectivity index (χ4v) is 3.10. The highest BCUT2D eigenvalue weighted by atomic mass is 16.6. The maximum absolute atomic E-state index is 12.6. The van der Waals surface area contributed by atoms with Crippen molar-refractivity contribution in [2.24, 2.45) is 11.8 Å². The van der Waals surface area contributed by atoms with Gasteiger partial charge in [-0.3, -0.25) is 19.7 Å². The molecule has 0 bridgehead atoms. The van der Waals surface area contributed by atoms with Crippen LogP contribution in [0.25, 0.3) is 0 Å². The van der Waals surface area contributed by atoms with Crippen molar-refractivity contribution in [1.82, 2.24) is 4.90 Å². The molecule has 7 nitrogen and oxygen atoms in total. The molecule has 1 amide bonds. The van der Waals surface area contributed by atoms with Crippen molar-refractivity contribution in [3.63, 3.8) is 0 Å². The summed E-state index contributed by atoms with van der Waals surface area (Å²) in [4.78, 5) is 35.7. The molecule has 0 radical (unpaired) electrons. The quantitative estimate of drug-likeness (QED) is 0.659. The molecular weight excluding hydrogens is 312 g/mol. The van der Waals surface area contributed by atoms with Crippen LogP contribution in [-0.2, 0) is 4.79 Å². The first-order chi connectivity index (χ1) is 11.3. The van der Waals surface area contributed by atoms with E-state index < -0.39 is 10.9 Å². The minimum Gasteiger partial charge on any atom is -0.481 e. The van der Waals surface area contributed by atoms with E-state index in [1.807, 2.05) is 0 Å². The molecule has 1 aromatic carbocycles. The minimum absolute atomic E-state index is 0.0888. The molecule has 24 heavy (non-hydrogen) atoms. The van der Waals surface area contributed by atoms with Gasteiger partial charge >= 0.3 is 5.97 Å². The number of nitro groups is 1. The van der Waals surface area contributed by atoms with Crippen LogP contribution < -0.4 is 0 Å². The maximum Gasteiger partial charge on any atom is 0.306 e. The second-order valence-corrected chi connectivity index (χ2v) is 6.47. The number of carbonyl (C=O) groups is 2. The number of likely N-dealkylation sites (tertiary alicyclic amines) is 1. The zero-order chi connectivity index (χ0) is 17.9. The van der Waals surface area contributed by atoms with Gasteiger partial charge in [-0.25, -0.2) is 0 Å². The monoisotopic (exact) mass is 334 g/mol. The van der Waals surface area contributed by atoms with Crippen molar-refractivity contribution in [2.75, 3.05) is 13.1 Å². The lowest BCUT2D eigenvalue weighted by atomic mass is 9.87. The van der Waals surface area contributed by atoms with Crippen LogP contribution in [-0.4, -0.2) is 39.9 Å². The Morgan fingerprint density at radius 2 is 2.00 bits per heavy atom. The first-order valence-corrected chi connectivity index (χ1v) is 8.06. The summed E-state index contributed by atoms with van der Waals surface area (Å²) in [5.74, 6) is -1.07. The number of hydrogen-bond acceptors (Lipinski definition) is 4. The number of benzene rings is 1. The molecule has 1 saturated heterocycles. The van der Waals surface area contributed by atoms with Crippen LogP contribution in [0.15, 0.2) is 18.2 Å². The first-order valence-electron chi connectivity index (χ1n) is 8.06. The topological polar surface area (TPSA) is 101 Å². The summed E-state index contributed by atoms with van der Waals surface area (Å²) >= 11 is 0. The summed E-state index contributed by atoms with van der Waals surface area (Å²) in [7, 11) is 0. The van der Waals surface area contributed by atoms with Crippen molar-refractivity contribution in [2.45, 2.75) is 33.1 Å². The number of amides is 1. The van der Waals surface area contributed by atoms with Gasteiger partial charge in [0.25, 0.3) is 11.6 Å².